The fourth-order valence-corrected chi connectivity index (χ4v) is 1.48. The summed E-state index contributed by atoms with van der Waals surface area (Å²) in [4.78, 5) is 0. The molecule has 0 aromatic carbocycles. The zero-order valence-corrected chi connectivity index (χ0v) is 11.6. The number of rotatable bonds is 4. The lowest BCUT2D eigenvalue weighted by molar-refractivity contribution is 0.0918. The second kappa shape index (κ2) is 7.28. The topological polar surface area (TPSA) is 12.0 Å². The Balaban J connectivity index is 0. The summed E-state index contributed by atoms with van der Waals surface area (Å²) in [6.45, 7) is 16.8. The van der Waals surface area contributed by atoms with E-state index in [9.17, 15) is 0 Å². The van der Waals surface area contributed by atoms with Crippen LogP contribution in [0, 0.1) is 10.8 Å². The Hall–Kier alpha value is -0.0400. The highest BCUT2D eigenvalue weighted by atomic mass is 14.8. The van der Waals surface area contributed by atoms with E-state index in [4.69, 9.17) is 0 Å². The van der Waals surface area contributed by atoms with Crippen LogP contribution in [0.15, 0.2) is 0 Å². The highest BCUT2D eigenvalue weighted by Gasteiger charge is 2.34. The molecule has 0 aliphatic carbocycles. The molecule has 0 heterocycles. The van der Waals surface area contributed by atoms with Gasteiger partial charge in [-0.1, -0.05) is 54.9 Å². The zero-order valence-electron chi connectivity index (χ0n) is 11.6. The fourth-order valence-electron chi connectivity index (χ4n) is 1.48. The van der Waals surface area contributed by atoms with Crippen molar-refractivity contribution in [2.24, 2.45) is 10.8 Å². The summed E-state index contributed by atoms with van der Waals surface area (Å²) < 4.78 is 0. The lowest BCUT2D eigenvalue weighted by Crippen LogP contribution is -2.34. The van der Waals surface area contributed by atoms with Crippen LogP contribution in [0.5, 0.6) is 0 Å². The van der Waals surface area contributed by atoms with Crippen LogP contribution in [-0.2, 0) is 0 Å². The first kappa shape index (κ1) is 16.4. The van der Waals surface area contributed by atoms with Gasteiger partial charge in [-0.05, 0) is 30.8 Å². The van der Waals surface area contributed by atoms with E-state index >= 15 is 0 Å². The van der Waals surface area contributed by atoms with Crippen molar-refractivity contribution in [1.82, 2.24) is 5.32 Å². The third-order valence-electron chi connectivity index (χ3n) is 3.52. The molecule has 0 saturated heterocycles. The van der Waals surface area contributed by atoms with E-state index in [2.05, 4.69) is 39.9 Å². The summed E-state index contributed by atoms with van der Waals surface area (Å²) in [6.07, 6.45) is 2.53. The maximum Gasteiger partial charge on any atom is -0.00465 e. The summed E-state index contributed by atoms with van der Waals surface area (Å²) in [6, 6.07) is 0. The largest absolute Gasteiger partial charge is 0.320 e. The average molecular weight is 201 g/mol. The molecule has 14 heavy (non-hydrogen) atoms. The van der Waals surface area contributed by atoms with Gasteiger partial charge in [0.25, 0.3) is 0 Å². The van der Waals surface area contributed by atoms with Gasteiger partial charge in [0.1, 0.15) is 0 Å². The molecule has 0 aromatic heterocycles. The predicted octanol–water partition coefficient (Wildman–Crippen LogP) is 4.08. The van der Waals surface area contributed by atoms with Crippen molar-refractivity contribution >= 4 is 0 Å². The molecule has 1 N–H and O–H groups in total. The van der Waals surface area contributed by atoms with Gasteiger partial charge in [0.2, 0.25) is 0 Å². The Morgan fingerprint density at radius 2 is 1.43 bits per heavy atom. The number of nitrogens with one attached hydrogen (secondary N) is 1. The Bertz CT molecular complexity index is 124. The van der Waals surface area contributed by atoms with Crippen molar-refractivity contribution in [2.45, 2.75) is 61.3 Å². The summed E-state index contributed by atoms with van der Waals surface area (Å²) in [7, 11) is 2.03. The molecule has 1 heteroatoms. The SMILES string of the molecule is CC.CCC(C)(CCNC)C(C)(C)C. The summed E-state index contributed by atoms with van der Waals surface area (Å²) in [5.74, 6) is 0. The monoisotopic (exact) mass is 201 g/mol. The van der Waals surface area contributed by atoms with Gasteiger partial charge in [-0.2, -0.15) is 0 Å². The quantitative estimate of drug-likeness (QED) is 0.722. The molecule has 1 atom stereocenters. The fraction of sp³-hybridized carbons (Fsp3) is 1.00. The van der Waals surface area contributed by atoms with E-state index < -0.39 is 0 Å². The molecular weight excluding hydrogens is 170 g/mol. The van der Waals surface area contributed by atoms with E-state index in [-0.39, 0.29) is 0 Å². The van der Waals surface area contributed by atoms with Crippen LogP contribution in [0.1, 0.15) is 61.3 Å². The van der Waals surface area contributed by atoms with Gasteiger partial charge in [-0.25, -0.2) is 0 Å². The third-order valence-corrected chi connectivity index (χ3v) is 3.52. The second-order valence-electron chi connectivity index (χ2n) is 5.02. The maximum absolute atomic E-state index is 3.23. The Kier molecular flexibility index (Phi) is 8.52. The van der Waals surface area contributed by atoms with Gasteiger partial charge < -0.3 is 5.32 Å². The minimum absolute atomic E-state index is 0.415. The standard InChI is InChI=1S/C11H25N.C2H6/c1-7-11(5,8-9-12-6)10(2,3)4;1-2/h12H,7-9H2,1-6H3;1-2H3. The number of hydrogen-bond acceptors (Lipinski definition) is 1. The van der Waals surface area contributed by atoms with E-state index in [0.717, 1.165) is 6.54 Å². The number of hydrogen-bond donors (Lipinski definition) is 1. The summed E-state index contributed by atoms with van der Waals surface area (Å²) >= 11 is 0. The first-order chi connectivity index (χ1) is 6.37. The van der Waals surface area contributed by atoms with Crippen LogP contribution in [0.2, 0.25) is 0 Å². The lowest BCUT2D eigenvalue weighted by Gasteiger charge is -2.41. The maximum atomic E-state index is 3.23. The van der Waals surface area contributed by atoms with Crippen LogP contribution in [0.25, 0.3) is 0 Å². The van der Waals surface area contributed by atoms with Crippen molar-refractivity contribution in [3.8, 4) is 0 Å². The van der Waals surface area contributed by atoms with Gasteiger partial charge in [0, 0.05) is 0 Å². The highest BCUT2D eigenvalue weighted by Crippen LogP contribution is 2.43. The van der Waals surface area contributed by atoms with Crippen LogP contribution >= 0.6 is 0 Å². The van der Waals surface area contributed by atoms with Gasteiger partial charge in [0.15, 0.2) is 0 Å². The molecular formula is C13H31N. The van der Waals surface area contributed by atoms with Crippen LogP contribution in [-0.4, -0.2) is 13.6 Å². The highest BCUT2D eigenvalue weighted by molar-refractivity contribution is 4.85. The molecule has 0 radical (unpaired) electrons. The van der Waals surface area contributed by atoms with E-state index in [1.54, 1.807) is 0 Å². The summed E-state index contributed by atoms with van der Waals surface area (Å²) in [5, 5.41) is 3.23. The average Bonchev–Trinajstić information content (AvgIpc) is 2.15. The smallest absolute Gasteiger partial charge is 0.00465 e. The molecule has 0 saturated carbocycles. The first-order valence-corrected chi connectivity index (χ1v) is 6.02. The minimum atomic E-state index is 0.415. The molecule has 1 nitrogen and oxygen atoms in total. The minimum Gasteiger partial charge on any atom is -0.320 e. The van der Waals surface area contributed by atoms with E-state index in [0.29, 0.717) is 10.8 Å². The van der Waals surface area contributed by atoms with Gasteiger partial charge in [-0.15, -0.1) is 0 Å². The van der Waals surface area contributed by atoms with Crippen LogP contribution in [0.4, 0.5) is 0 Å². The molecule has 0 aromatic rings. The second-order valence-corrected chi connectivity index (χ2v) is 5.02. The van der Waals surface area contributed by atoms with Gasteiger partial charge in [-0.3, -0.25) is 0 Å². The Labute approximate surface area is 91.7 Å². The van der Waals surface area contributed by atoms with Crippen molar-refractivity contribution in [2.75, 3.05) is 13.6 Å². The third kappa shape index (κ3) is 4.99. The molecule has 0 aliphatic rings. The van der Waals surface area contributed by atoms with E-state index in [1.807, 2.05) is 20.9 Å². The van der Waals surface area contributed by atoms with Crippen LogP contribution in [0.3, 0.4) is 0 Å². The molecule has 0 bridgehead atoms. The van der Waals surface area contributed by atoms with Crippen molar-refractivity contribution in [3.63, 3.8) is 0 Å². The van der Waals surface area contributed by atoms with Crippen molar-refractivity contribution < 1.29 is 0 Å². The van der Waals surface area contributed by atoms with Crippen molar-refractivity contribution in [3.05, 3.63) is 0 Å². The molecule has 1 unspecified atom stereocenters. The van der Waals surface area contributed by atoms with Crippen LogP contribution < -0.4 is 5.32 Å². The summed E-state index contributed by atoms with van der Waals surface area (Å²) in [5.41, 5.74) is 0.884. The molecule has 0 amide bonds. The van der Waals surface area contributed by atoms with Gasteiger partial charge >= 0.3 is 0 Å². The first-order valence-electron chi connectivity index (χ1n) is 6.02. The zero-order chi connectivity index (χ0) is 11.8. The molecule has 0 aliphatic heterocycles. The molecule has 0 fully saturated rings. The Morgan fingerprint density at radius 1 is 1.00 bits per heavy atom. The van der Waals surface area contributed by atoms with Gasteiger partial charge in [0.05, 0.1) is 0 Å². The molecule has 0 spiro atoms. The Morgan fingerprint density at radius 3 is 1.64 bits per heavy atom. The molecule has 0 rings (SSSR count). The van der Waals surface area contributed by atoms with Crippen molar-refractivity contribution in [1.29, 1.82) is 0 Å². The normalized spacial score (nSPS) is 15.4. The lowest BCUT2D eigenvalue weighted by atomic mass is 9.64. The molecule has 88 valence electrons. The van der Waals surface area contributed by atoms with E-state index in [1.165, 1.54) is 12.8 Å². The predicted molar refractivity (Wildman–Crippen MR) is 67.7 cm³/mol.